The first-order chi connectivity index (χ1) is 30.7. The highest BCUT2D eigenvalue weighted by Gasteiger charge is 2.54. The standard InChI is InChI=1S/C16H22N6O7.C8H10IN3O5.C8H10N6O5.HI/c1-5-10(23)28-11-9(8-19-20-17)27-13(12(11)29-14(24)16(2,3)4)21-7-6-18-15(21)22(25)26;9-3-4-5(13)6(14)7(17-4)11-2-1-10-8(11)12(15)16;9-12-11-3-4-5(15)6(16)7(19-4)13-2-1-10-8(13)14(17)18;/h6-7,9,11-13H,5,8H2,1-4H3;1-2,4-7,13-14H,3H2;1-2,4-7,15-16H,3H2;1H/t9?,11-,12+,13?;2*4?,5-,6+,7?;/m000./s1. The lowest BCUT2D eigenvalue weighted by atomic mass is 9.97. The molecule has 0 saturated carbocycles. The second kappa shape index (κ2) is 24.4. The van der Waals surface area contributed by atoms with Crippen molar-refractivity contribution in [3.63, 3.8) is 0 Å². The van der Waals surface area contributed by atoms with Crippen molar-refractivity contribution < 1.29 is 68.5 Å². The fraction of sp³-hybridized carbons (Fsp3) is 0.656. The van der Waals surface area contributed by atoms with Crippen molar-refractivity contribution in [2.75, 3.05) is 17.5 Å². The highest BCUT2D eigenvalue weighted by molar-refractivity contribution is 14.1. The van der Waals surface area contributed by atoms with Gasteiger partial charge in [-0.15, -0.1) is 24.0 Å². The maximum absolute atomic E-state index is 12.5. The zero-order valence-electron chi connectivity index (χ0n) is 34.8. The number of alkyl halides is 1. The van der Waals surface area contributed by atoms with E-state index in [9.17, 15) is 60.4 Å². The van der Waals surface area contributed by atoms with E-state index in [2.05, 4.69) is 35.0 Å². The van der Waals surface area contributed by atoms with Crippen molar-refractivity contribution in [3.05, 3.63) is 88.4 Å². The summed E-state index contributed by atoms with van der Waals surface area (Å²) in [6.45, 7) is 6.04. The number of hydrogen-bond donors (Lipinski definition) is 4. The molecule has 34 heteroatoms. The average molecular weight is 1160 g/mol. The third kappa shape index (κ3) is 12.9. The zero-order chi connectivity index (χ0) is 48.3. The van der Waals surface area contributed by atoms with Crippen molar-refractivity contribution in [1.82, 2.24) is 28.7 Å². The molecule has 3 aliphatic rings. The Balaban J connectivity index is 0.000000273. The maximum Gasteiger partial charge on any atom is 0.436 e. The fourth-order valence-corrected chi connectivity index (χ4v) is 6.98. The molecular formula is C32H43I2N15O17. The van der Waals surface area contributed by atoms with Crippen LogP contribution in [0.2, 0.25) is 0 Å². The van der Waals surface area contributed by atoms with Gasteiger partial charge in [0.25, 0.3) is 0 Å². The molecule has 362 valence electrons. The van der Waals surface area contributed by atoms with Gasteiger partial charge in [-0.1, -0.05) is 54.7 Å². The van der Waals surface area contributed by atoms with E-state index in [4.69, 9.17) is 34.7 Å². The Morgan fingerprint density at radius 1 is 0.727 bits per heavy atom. The Labute approximate surface area is 401 Å². The summed E-state index contributed by atoms with van der Waals surface area (Å²) in [4.78, 5) is 71.0. The minimum atomic E-state index is -1.38. The van der Waals surface area contributed by atoms with E-state index in [1.807, 2.05) is 22.6 Å². The third-order valence-corrected chi connectivity index (χ3v) is 10.3. The number of aliphatic hydroxyl groups excluding tert-OH is 4. The van der Waals surface area contributed by atoms with Crippen LogP contribution in [-0.4, -0.2) is 148 Å². The van der Waals surface area contributed by atoms with Crippen molar-refractivity contribution in [3.8, 4) is 0 Å². The molecule has 0 amide bonds. The van der Waals surface area contributed by atoms with Gasteiger partial charge in [-0.2, -0.15) is 13.7 Å². The predicted octanol–water partition coefficient (Wildman–Crippen LogP) is 2.46. The molecule has 0 aliphatic carbocycles. The van der Waals surface area contributed by atoms with Crippen LogP contribution in [0.3, 0.4) is 0 Å². The van der Waals surface area contributed by atoms with Gasteiger partial charge < -0.3 is 74.5 Å². The normalized spacial score (nSPS) is 27.6. The summed E-state index contributed by atoms with van der Waals surface area (Å²) >= 11 is 2.01. The highest BCUT2D eigenvalue weighted by atomic mass is 127. The monoisotopic (exact) mass is 1160 g/mol. The second-order valence-electron chi connectivity index (χ2n) is 14.7. The van der Waals surface area contributed by atoms with Gasteiger partial charge in [0.2, 0.25) is 18.7 Å². The molecule has 0 aromatic carbocycles. The van der Waals surface area contributed by atoms with Gasteiger partial charge in [0.1, 0.15) is 67.7 Å². The molecule has 66 heavy (non-hydrogen) atoms. The molecule has 3 saturated heterocycles. The summed E-state index contributed by atoms with van der Waals surface area (Å²) in [6, 6.07) is 0. The molecule has 3 fully saturated rings. The zero-order valence-corrected chi connectivity index (χ0v) is 39.3. The average Bonchev–Trinajstić information content (AvgIpc) is 4.13. The van der Waals surface area contributed by atoms with E-state index in [1.165, 1.54) is 37.2 Å². The first-order valence-electron chi connectivity index (χ1n) is 18.9. The molecule has 3 aromatic heterocycles. The summed E-state index contributed by atoms with van der Waals surface area (Å²) in [5, 5.41) is 78.4. The van der Waals surface area contributed by atoms with Gasteiger partial charge in [0.15, 0.2) is 12.2 Å². The van der Waals surface area contributed by atoms with Crippen molar-refractivity contribution in [1.29, 1.82) is 0 Å². The SMILES string of the molecule is CCC(=O)O[C@H]1C(CN=[N+]=[N-])OC(n2ccnc2[N+](=O)[O-])[C@@H]1OC(=O)C(C)(C)C.I.O=[N+]([O-])c1nccn1C1OC(CI)[C@H](O)[C@H]1O.[N-]=[N+]=NCC1OC(n2ccnc2[N+](=O)[O-])[C@H](O)[C@H]1O. The number of imidazole rings is 3. The van der Waals surface area contributed by atoms with Gasteiger partial charge in [-0.3, -0.25) is 9.59 Å². The second-order valence-corrected chi connectivity index (χ2v) is 15.6. The number of hydrogen-bond acceptors (Lipinski definition) is 22. The lowest BCUT2D eigenvalue weighted by molar-refractivity contribution is -0.399. The maximum atomic E-state index is 12.5. The number of aliphatic hydroxyl groups is 4. The van der Waals surface area contributed by atoms with Crippen LogP contribution in [0.25, 0.3) is 20.9 Å². The lowest BCUT2D eigenvalue weighted by Gasteiger charge is -2.26. The molecule has 6 rings (SSSR count). The highest BCUT2D eigenvalue weighted by Crippen LogP contribution is 2.38. The minimum absolute atomic E-state index is 0. The van der Waals surface area contributed by atoms with Crippen molar-refractivity contribution in [2.45, 2.75) is 108 Å². The van der Waals surface area contributed by atoms with Crippen LogP contribution in [-0.2, 0) is 33.3 Å². The molecular weight excluding hydrogens is 1120 g/mol. The van der Waals surface area contributed by atoms with Crippen LogP contribution >= 0.6 is 46.6 Å². The molecule has 3 aliphatic heterocycles. The summed E-state index contributed by atoms with van der Waals surface area (Å²) in [7, 11) is 0. The topological polar surface area (TPSA) is 442 Å². The number of nitrogens with zero attached hydrogens (tertiary/aromatic N) is 15. The Hall–Kier alpha value is -5.43. The van der Waals surface area contributed by atoms with E-state index in [0.717, 1.165) is 13.7 Å². The van der Waals surface area contributed by atoms with Gasteiger partial charge in [0.05, 0.1) is 30.7 Å². The predicted molar refractivity (Wildman–Crippen MR) is 234 cm³/mol. The van der Waals surface area contributed by atoms with Crippen LogP contribution in [0, 0.1) is 35.8 Å². The number of aromatic nitrogens is 6. The first kappa shape index (κ1) is 54.9. The Kier molecular flexibility index (Phi) is 20.3. The molecule has 0 spiro atoms. The van der Waals surface area contributed by atoms with E-state index in [0.29, 0.717) is 4.43 Å². The molecule has 6 unspecified atom stereocenters. The summed E-state index contributed by atoms with van der Waals surface area (Å²) < 4.78 is 31.1. The molecule has 32 nitrogen and oxygen atoms in total. The Morgan fingerprint density at radius 3 is 1.50 bits per heavy atom. The van der Waals surface area contributed by atoms with Gasteiger partial charge in [-0.05, 0) is 46.6 Å². The summed E-state index contributed by atoms with van der Waals surface area (Å²) in [6.07, 6.45) is -5.55. The van der Waals surface area contributed by atoms with Crippen molar-refractivity contribution >= 4 is 76.4 Å². The van der Waals surface area contributed by atoms with Crippen molar-refractivity contribution in [2.24, 2.45) is 15.6 Å². The van der Waals surface area contributed by atoms with Crippen LogP contribution in [0.4, 0.5) is 17.8 Å². The number of halogens is 2. The Bertz CT molecular complexity index is 2260. The quantitative estimate of drug-likeness (QED) is 0.0263. The number of azide groups is 2. The Morgan fingerprint density at radius 2 is 1.12 bits per heavy atom. The molecule has 4 N–H and O–H groups in total. The third-order valence-electron chi connectivity index (χ3n) is 9.43. The number of rotatable bonds is 14. The van der Waals surface area contributed by atoms with Crippen LogP contribution in [0.5, 0.6) is 0 Å². The van der Waals surface area contributed by atoms with E-state index in [-0.39, 0.29) is 43.5 Å². The van der Waals surface area contributed by atoms with Gasteiger partial charge >= 0.3 is 29.8 Å². The summed E-state index contributed by atoms with van der Waals surface area (Å²) in [5.74, 6) is -2.70. The largest absolute Gasteiger partial charge is 0.455 e. The molecule has 6 heterocycles. The number of esters is 2. The van der Waals surface area contributed by atoms with E-state index >= 15 is 0 Å². The minimum Gasteiger partial charge on any atom is -0.455 e. The van der Waals surface area contributed by atoms with E-state index < -0.39 is 124 Å². The van der Waals surface area contributed by atoms with Gasteiger partial charge in [-0.25, -0.2) is 0 Å². The van der Waals surface area contributed by atoms with Crippen LogP contribution < -0.4 is 0 Å². The molecule has 12 atom stereocenters. The van der Waals surface area contributed by atoms with Crippen LogP contribution in [0.1, 0.15) is 52.8 Å². The molecule has 3 aromatic rings. The van der Waals surface area contributed by atoms with E-state index in [1.54, 1.807) is 27.7 Å². The fourth-order valence-electron chi connectivity index (χ4n) is 6.25. The molecule has 0 radical (unpaired) electrons. The smallest absolute Gasteiger partial charge is 0.436 e. The van der Waals surface area contributed by atoms with Crippen LogP contribution in [0.15, 0.2) is 47.4 Å². The lowest BCUT2D eigenvalue weighted by Crippen LogP contribution is -2.42. The molecule has 0 bridgehead atoms. The number of nitro groups is 3. The summed E-state index contributed by atoms with van der Waals surface area (Å²) in [5.41, 5.74) is 15.9. The van der Waals surface area contributed by atoms with Gasteiger partial charge in [0, 0.05) is 20.7 Å². The number of ether oxygens (including phenoxy) is 5. The number of carbonyl (C=O) groups excluding carboxylic acids is 2. The number of carbonyl (C=O) groups is 2. The first-order valence-corrected chi connectivity index (χ1v) is 20.4.